The summed E-state index contributed by atoms with van der Waals surface area (Å²) in [6.45, 7) is 0. The van der Waals surface area contributed by atoms with Crippen molar-refractivity contribution in [1.82, 2.24) is 0 Å². The van der Waals surface area contributed by atoms with Crippen LogP contribution in [0.15, 0.2) is 91.0 Å². The summed E-state index contributed by atoms with van der Waals surface area (Å²) in [7, 11) is 0. The van der Waals surface area contributed by atoms with Crippen LogP contribution in [0, 0.1) is 5.92 Å². The lowest BCUT2D eigenvalue weighted by molar-refractivity contribution is 0.919. The Morgan fingerprint density at radius 2 is 1.14 bits per heavy atom. The fourth-order valence-corrected chi connectivity index (χ4v) is 3.26. The molecule has 0 bridgehead atoms. The molecule has 3 aromatic carbocycles. The molecule has 1 aliphatic rings. The third-order valence-electron chi connectivity index (χ3n) is 4.28. The molecule has 4 rings (SSSR count). The molecule has 1 atom stereocenters. The lowest BCUT2D eigenvalue weighted by atomic mass is 9.78. The summed E-state index contributed by atoms with van der Waals surface area (Å²) in [5.74, 6) is 1.70. The van der Waals surface area contributed by atoms with Gasteiger partial charge in [0, 0.05) is 11.8 Å². The Morgan fingerprint density at radius 3 is 1.77 bits per heavy atom. The maximum Gasteiger partial charge on any atom is 0.0452 e. The van der Waals surface area contributed by atoms with E-state index in [1.54, 1.807) is 0 Å². The van der Waals surface area contributed by atoms with Crippen molar-refractivity contribution >= 4 is 6.08 Å². The summed E-state index contributed by atoms with van der Waals surface area (Å²) in [5, 5.41) is 0. The van der Waals surface area contributed by atoms with Gasteiger partial charge in [-0.2, -0.15) is 0 Å². The van der Waals surface area contributed by atoms with Gasteiger partial charge < -0.3 is 0 Å². The first-order chi connectivity index (χ1) is 10.9. The molecule has 0 N–H and O–H groups in total. The molecule has 105 valence electrons. The van der Waals surface area contributed by atoms with Crippen LogP contribution in [-0.4, -0.2) is 0 Å². The summed E-state index contributed by atoms with van der Waals surface area (Å²) in [6, 6.07) is 30.1. The second kappa shape index (κ2) is 5.65. The van der Waals surface area contributed by atoms with Gasteiger partial charge in [0.2, 0.25) is 0 Å². The lowest BCUT2D eigenvalue weighted by Gasteiger charge is -2.24. The molecule has 0 spiro atoms. The smallest absolute Gasteiger partial charge is 0.0452 e. The van der Waals surface area contributed by atoms with Gasteiger partial charge in [-0.3, -0.25) is 0 Å². The van der Waals surface area contributed by atoms with Crippen molar-refractivity contribution in [2.75, 3.05) is 0 Å². The predicted octanol–water partition coefficient (Wildman–Crippen LogP) is 5.47. The number of allylic oxidation sites excluding steroid dienone is 1. The van der Waals surface area contributed by atoms with E-state index in [9.17, 15) is 0 Å². The lowest BCUT2D eigenvalue weighted by Crippen LogP contribution is -2.11. The van der Waals surface area contributed by atoms with Crippen molar-refractivity contribution in [2.45, 2.75) is 5.92 Å². The number of benzene rings is 3. The number of hydrogen-bond donors (Lipinski definition) is 0. The van der Waals surface area contributed by atoms with Crippen molar-refractivity contribution in [3.8, 4) is 0 Å². The van der Waals surface area contributed by atoms with Gasteiger partial charge in [-0.25, -0.2) is 0 Å². The minimum atomic E-state index is 0.320. The molecule has 0 amide bonds. The zero-order valence-electron chi connectivity index (χ0n) is 12.3. The highest BCUT2D eigenvalue weighted by atomic mass is 14.3. The van der Waals surface area contributed by atoms with E-state index in [0.717, 1.165) is 0 Å². The third kappa shape index (κ3) is 2.27. The highest BCUT2D eigenvalue weighted by Crippen LogP contribution is 2.43. The fourth-order valence-electron chi connectivity index (χ4n) is 3.26. The first kappa shape index (κ1) is 13.1. The molecule has 1 radical (unpaired) electrons. The molecule has 0 saturated carbocycles. The normalized spacial score (nSPS) is 16.0. The Morgan fingerprint density at radius 1 is 0.591 bits per heavy atom. The van der Waals surface area contributed by atoms with Gasteiger partial charge in [-0.05, 0) is 22.3 Å². The number of hydrogen-bond acceptors (Lipinski definition) is 0. The Labute approximate surface area is 131 Å². The average Bonchev–Trinajstić information content (AvgIpc) is 3.01. The van der Waals surface area contributed by atoms with Gasteiger partial charge in [0.05, 0.1) is 0 Å². The first-order valence-corrected chi connectivity index (χ1v) is 7.68. The van der Waals surface area contributed by atoms with E-state index in [-0.39, 0.29) is 0 Å². The van der Waals surface area contributed by atoms with Gasteiger partial charge in [-0.1, -0.05) is 97.1 Å². The van der Waals surface area contributed by atoms with Crippen LogP contribution in [0.3, 0.4) is 0 Å². The van der Waals surface area contributed by atoms with Crippen LogP contribution < -0.4 is 0 Å². The highest BCUT2D eigenvalue weighted by Gasteiger charge is 2.28. The Bertz CT molecular complexity index is 745. The Kier molecular flexibility index (Phi) is 3.36. The van der Waals surface area contributed by atoms with Gasteiger partial charge in [0.1, 0.15) is 0 Å². The molecule has 0 heteroatoms. The Balaban J connectivity index is 1.85. The van der Waals surface area contributed by atoms with Gasteiger partial charge in [0.25, 0.3) is 0 Å². The molecular weight excluding hydrogens is 264 g/mol. The largest absolute Gasteiger partial charge is 0.0751 e. The average molecular weight is 281 g/mol. The first-order valence-electron chi connectivity index (χ1n) is 7.68. The highest BCUT2D eigenvalue weighted by molar-refractivity contribution is 5.68. The van der Waals surface area contributed by atoms with Crippen molar-refractivity contribution in [3.05, 3.63) is 119 Å². The van der Waals surface area contributed by atoms with E-state index in [1.165, 1.54) is 28.2 Å². The molecule has 0 nitrogen and oxygen atoms in total. The summed E-state index contributed by atoms with van der Waals surface area (Å²) >= 11 is 0. The van der Waals surface area contributed by atoms with E-state index in [4.69, 9.17) is 0 Å². The molecule has 0 aromatic heterocycles. The molecule has 22 heavy (non-hydrogen) atoms. The third-order valence-corrected chi connectivity index (χ3v) is 4.28. The van der Waals surface area contributed by atoms with E-state index < -0.39 is 0 Å². The zero-order chi connectivity index (χ0) is 14.8. The maximum absolute atomic E-state index is 2.32. The van der Waals surface area contributed by atoms with E-state index in [1.807, 2.05) is 0 Å². The van der Waals surface area contributed by atoms with Crippen molar-refractivity contribution in [2.24, 2.45) is 0 Å². The van der Waals surface area contributed by atoms with Gasteiger partial charge in [0.15, 0.2) is 0 Å². The molecule has 0 fully saturated rings. The van der Waals surface area contributed by atoms with Crippen LogP contribution in [0.25, 0.3) is 6.08 Å². The van der Waals surface area contributed by atoms with E-state index in [2.05, 4.69) is 97.1 Å². The number of rotatable bonds is 3. The molecule has 0 saturated heterocycles. The van der Waals surface area contributed by atoms with Crippen molar-refractivity contribution in [1.29, 1.82) is 0 Å². The van der Waals surface area contributed by atoms with Crippen LogP contribution in [0.2, 0.25) is 0 Å². The molecule has 0 heterocycles. The Hall–Kier alpha value is -2.60. The monoisotopic (exact) mass is 281 g/mol. The van der Waals surface area contributed by atoms with Crippen molar-refractivity contribution < 1.29 is 0 Å². The second-order valence-electron chi connectivity index (χ2n) is 5.61. The maximum atomic E-state index is 2.32. The zero-order valence-corrected chi connectivity index (χ0v) is 12.3. The quantitative estimate of drug-likeness (QED) is 0.597. The standard InChI is InChI=1S/C22H17/c1-3-10-18(11-4-1)22(19-12-5-2-6-13-19)21-16-15-17-9-7-8-14-20(17)21/h1-16,21H. The van der Waals surface area contributed by atoms with E-state index in [0.29, 0.717) is 5.92 Å². The minimum Gasteiger partial charge on any atom is -0.0751 e. The van der Waals surface area contributed by atoms with Crippen LogP contribution in [0.5, 0.6) is 0 Å². The summed E-state index contributed by atoms with van der Waals surface area (Å²) < 4.78 is 0. The SMILES string of the molecule is C1=CC([C](c2ccccc2)c2ccccc2)c2ccccc21. The number of fused-ring (bicyclic) bond motifs is 1. The van der Waals surface area contributed by atoms with Crippen LogP contribution in [0.1, 0.15) is 28.2 Å². The second-order valence-corrected chi connectivity index (χ2v) is 5.61. The molecule has 1 unspecified atom stereocenters. The topological polar surface area (TPSA) is 0 Å². The molecule has 0 aliphatic heterocycles. The summed E-state index contributed by atoms with van der Waals surface area (Å²) in [6.07, 6.45) is 4.56. The van der Waals surface area contributed by atoms with Gasteiger partial charge >= 0.3 is 0 Å². The van der Waals surface area contributed by atoms with Crippen LogP contribution in [-0.2, 0) is 0 Å². The van der Waals surface area contributed by atoms with E-state index >= 15 is 0 Å². The molecule has 3 aromatic rings. The van der Waals surface area contributed by atoms with Crippen molar-refractivity contribution in [3.63, 3.8) is 0 Å². The fraction of sp³-hybridized carbons (Fsp3) is 0.0455. The predicted molar refractivity (Wildman–Crippen MR) is 92.5 cm³/mol. The minimum absolute atomic E-state index is 0.320. The summed E-state index contributed by atoms with van der Waals surface area (Å²) in [5.41, 5.74) is 5.31. The van der Waals surface area contributed by atoms with Gasteiger partial charge in [-0.15, -0.1) is 0 Å². The van der Waals surface area contributed by atoms with Crippen LogP contribution in [0.4, 0.5) is 0 Å². The molecule has 1 aliphatic carbocycles. The summed E-state index contributed by atoms with van der Waals surface area (Å²) in [4.78, 5) is 0. The van der Waals surface area contributed by atoms with Crippen LogP contribution >= 0.6 is 0 Å². The molecular formula is C22H17.